The molecule has 1 amide bonds. The average Bonchev–Trinajstić information content (AvgIpc) is 2.07. The topological polar surface area (TPSA) is 49.6 Å². The lowest BCUT2D eigenvalue weighted by Gasteiger charge is -2.19. The van der Waals surface area contributed by atoms with Gasteiger partial charge in [0.05, 0.1) is 12.2 Å². The summed E-state index contributed by atoms with van der Waals surface area (Å²) in [5.41, 5.74) is 0. The molecule has 1 rings (SSSR count). The summed E-state index contributed by atoms with van der Waals surface area (Å²) in [6.45, 7) is 3.76. The first-order valence-electron chi connectivity index (χ1n) is 3.35. The smallest absolute Gasteiger partial charge is 0.255 e. The van der Waals surface area contributed by atoms with Crippen LogP contribution in [0.4, 0.5) is 0 Å². The first kappa shape index (κ1) is 7.50. The van der Waals surface area contributed by atoms with Gasteiger partial charge in [-0.1, -0.05) is 0 Å². The van der Waals surface area contributed by atoms with E-state index in [1.54, 1.807) is 0 Å². The first-order chi connectivity index (χ1) is 4.55. The van der Waals surface area contributed by atoms with Crippen molar-refractivity contribution in [2.45, 2.75) is 26.1 Å². The molecule has 58 valence electrons. The molecule has 10 heavy (non-hydrogen) atoms. The van der Waals surface area contributed by atoms with Crippen molar-refractivity contribution in [1.29, 1.82) is 0 Å². The molecule has 0 spiro atoms. The Hall–Kier alpha value is -0.610. The van der Waals surface area contributed by atoms with Gasteiger partial charge in [0.25, 0.3) is 5.91 Å². The van der Waals surface area contributed by atoms with Gasteiger partial charge in [-0.3, -0.25) is 14.7 Å². The molecule has 2 atom stereocenters. The third-order valence-electron chi connectivity index (χ3n) is 2.21. The molecule has 2 unspecified atom stereocenters. The third kappa shape index (κ3) is 0.803. The number of nitrogens with two attached hydrogens (primary N) is 1. The van der Waals surface area contributed by atoms with Crippen LogP contribution in [-0.4, -0.2) is 35.1 Å². The lowest BCUT2D eigenvalue weighted by atomic mass is 10.3. The summed E-state index contributed by atoms with van der Waals surface area (Å²) in [5.74, 6) is 5.44. The van der Waals surface area contributed by atoms with Crippen LogP contribution in [0, 0.1) is 0 Å². The van der Waals surface area contributed by atoms with Gasteiger partial charge in [0.1, 0.15) is 0 Å². The van der Waals surface area contributed by atoms with Crippen molar-refractivity contribution < 1.29 is 4.79 Å². The fourth-order valence-electron chi connectivity index (χ4n) is 1.09. The van der Waals surface area contributed by atoms with Crippen LogP contribution in [0.25, 0.3) is 0 Å². The van der Waals surface area contributed by atoms with Crippen molar-refractivity contribution >= 4 is 5.91 Å². The van der Waals surface area contributed by atoms with E-state index in [9.17, 15) is 4.79 Å². The Labute approximate surface area is 60.5 Å². The second-order valence-corrected chi connectivity index (χ2v) is 2.72. The van der Waals surface area contributed by atoms with E-state index in [1.165, 1.54) is 5.01 Å². The van der Waals surface area contributed by atoms with E-state index < -0.39 is 0 Å². The molecule has 0 saturated carbocycles. The van der Waals surface area contributed by atoms with Crippen LogP contribution in [0.2, 0.25) is 0 Å². The van der Waals surface area contributed by atoms with Crippen LogP contribution in [0.1, 0.15) is 13.8 Å². The Bertz CT molecular complexity index is 143. The maximum absolute atomic E-state index is 11.1. The molecule has 1 saturated heterocycles. The second-order valence-electron chi connectivity index (χ2n) is 2.72. The van der Waals surface area contributed by atoms with Gasteiger partial charge in [-0.15, -0.1) is 0 Å². The lowest BCUT2D eigenvalue weighted by Crippen LogP contribution is -2.40. The van der Waals surface area contributed by atoms with Gasteiger partial charge in [-0.05, 0) is 20.9 Å². The number of nitrogens with zero attached hydrogens (tertiary/aromatic N) is 2. The number of hydrazine groups is 1. The van der Waals surface area contributed by atoms with E-state index in [2.05, 4.69) is 0 Å². The predicted molar refractivity (Wildman–Crippen MR) is 37.7 cm³/mol. The van der Waals surface area contributed by atoms with E-state index in [-0.39, 0.29) is 18.1 Å². The Kier molecular flexibility index (Phi) is 1.66. The highest BCUT2D eigenvalue weighted by molar-refractivity contribution is 5.83. The maximum Gasteiger partial charge on any atom is 0.255 e. The maximum atomic E-state index is 11.1. The van der Waals surface area contributed by atoms with Crippen molar-refractivity contribution in [3.63, 3.8) is 0 Å². The minimum Gasteiger partial charge on any atom is -0.274 e. The van der Waals surface area contributed by atoms with Crippen molar-refractivity contribution in [3.8, 4) is 0 Å². The number of amides is 1. The molecule has 0 bridgehead atoms. The van der Waals surface area contributed by atoms with Crippen LogP contribution < -0.4 is 5.84 Å². The minimum atomic E-state index is -0.0694. The predicted octanol–water partition coefficient (Wildman–Crippen LogP) is -0.631. The van der Waals surface area contributed by atoms with Gasteiger partial charge in [-0.2, -0.15) is 0 Å². The summed E-state index contributed by atoms with van der Waals surface area (Å²) in [6.07, 6.45) is 0.0301. The largest absolute Gasteiger partial charge is 0.274 e. The standard InChI is InChI=1S/C6H13N3O/c1-4-6(10)9(7)5(2)8(4)3/h4-5H,7H2,1-3H3. The molecule has 4 nitrogen and oxygen atoms in total. The molecule has 1 heterocycles. The van der Waals surface area contributed by atoms with Gasteiger partial charge in [0.15, 0.2) is 0 Å². The Morgan fingerprint density at radius 1 is 1.50 bits per heavy atom. The molecule has 0 aromatic rings. The van der Waals surface area contributed by atoms with E-state index in [1.807, 2.05) is 25.8 Å². The van der Waals surface area contributed by atoms with Gasteiger partial charge < -0.3 is 0 Å². The summed E-state index contributed by atoms with van der Waals surface area (Å²) in [7, 11) is 1.89. The fraction of sp³-hybridized carbons (Fsp3) is 0.833. The summed E-state index contributed by atoms with van der Waals surface area (Å²) < 4.78 is 0. The van der Waals surface area contributed by atoms with Gasteiger partial charge >= 0.3 is 0 Å². The Balaban J connectivity index is 2.78. The summed E-state index contributed by atoms with van der Waals surface area (Å²) in [6, 6.07) is -0.0694. The van der Waals surface area contributed by atoms with Gasteiger partial charge in [-0.25, -0.2) is 5.84 Å². The van der Waals surface area contributed by atoms with Crippen molar-refractivity contribution in [2.75, 3.05) is 7.05 Å². The minimum absolute atomic E-state index is 0.00463. The number of hydrogen-bond donors (Lipinski definition) is 1. The molecule has 4 heteroatoms. The Morgan fingerprint density at radius 2 is 2.00 bits per heavy atom. The molecular formula is C6H13N3O. The normalized spacial score (nSPS) is 35.6. The molecule has 2 N–H and O–H groups in total. The molecule has 0 radical (unpaired) electrons. The van der Waals surface area contributed by atoms with E-state index in [0.717, 1.165) is 0 Å². The van der Waals surface area contributed by atoms with Crippen LogP contribution in [0.5, 0.6) is 0 Å². The quantitative estimate of drug-likeness (QED) is 0.363. The van der Waals surface area contributed by atoms with Crippen LogP contribution in [0.3, 0.4) is 0 Å². The number of rotatable bonds is 0. The Morgan fingerprint density at radius 3 is 2.10 bits per heavy atom. The lowest BCUT2D eigenvalue weighted by molar-refractivity contribution is -0.129. The van der Waals surface area contributed by atoms with Crippen molar-refractivity contribution in [3.05, 3.63) is 0 Å². The SMILES string of the molecule is CC1C(=O)N(N)C(C)N1C. The van der Waals surface area contributed by atoms with Crippen molar-refractivity contribution in [2.24, 2.45) is 5.84 Å². The zero-order chi connectivity index (χ0) is 7.89. The number of carbonyl (C=O) groups is 1. The highest BCUT2D eigenvalue weighted by atomic mass is 16.2. The number of likely N-dealkylation sites (N-methyl/N-ethyl adjacent to an activating group) is 1. The summed E-state index contributed by atoms with van der Waals surface area (Å²) in [5, 5.41) is 1.27. The molecule has 0 aromatic carbocycles. The van der Waals surface area contributed by atoms with Crippen LogP contribution in [-0.2, 0) is 4.79 Å². The summed E-state index contributed by atoms with van der Waals surface area (Å²) >= 11 is 0. The zero-order valence-corrected chi connectivity index (χ0v) is 6.53. The number of hydrogen-bond acceptors (Lipinski definition) is 3. The third-order valence-corrected chi connectivity index (χ3v) is 2.21. The highest BCUT2D eigenvalue weighted by Crippen LogP contribution is 2.14. The van der Waals surface area contributed by atoms with Crippen LogP contribution in [0.15, 0.2) is 0 Å². The highest BCUT2D eigenvalue weighted by Gasteiger charge is 2.36. The zero-order valence-electron chi connectivity index (χ0n) is 6.53. The van der Waals surface area contributed by atoms with E-state index in [0.29, 0.717) is 0 Å². The monoisotopic (exact) mass is 143 g/mol. The molecule has 0 aliphatic carbocycles. The van der Waals surface area contributed by atoms with Crippen molar-refractivity contribution in [1.82, 2.24) is 9.91 Å². The molecule has 0 aromatic heterocycles. The fourth-order valence-corrected chi connectivity index (χ4v) is 1.09. The molecule has 1 aliphatic heterocycles. The molecular weight excluding hydrogens is 130 g/mol. The average molecular weight is 143 g/mol. The molecule has 1 aliphatic rings. The second kappa shape index (κ2) is 2.21. The summed E-state index contributed by atoms with van der Waals surface area (Å²) in [4.78, 5) is 13.0. The molecule has 1 fully saturated rings. The van der Waals surface area contributed by atoms with E-state index in [4.69, 9.17) is 5.84 Å². The van der Waals surface area contributed by atoms with Gasteiger partial charge in [0.2, 0.25) is 0 Å². The van der Waals surface area contributed by atoms with E-state index >= 15 is 0 Å². The number of carbonyl (C=O) groups excluding carboxylic acids is 1. The van der Waals surface area contributed by atoms with Crippen LogP contribution >= 0.6 is 0 Å². The van der Waals surface area contributed by atoms with Gasteiger partial charge in [0, 0.05) is 0 Å². The first-order valence-corrected chi connectivity index (χ1v) is 3.35.